The van der Waals surface area contributed by atoms with Gasteiger partial charge in [0.2, 0.25) is 0 Å². The first-order valence-electron chi connectivity index (χ1n) is 7.23. The van der Waals surface area contributed by atoms with Crippen LogP contribution in [0.2, 0.25) is 10.0 Å². The number of hydrogen-bond donors (Lipinski definition) is 0. The van der Waals surface area contributed by atoms with Crippen molar-refractivity contribution in [2.24, 2.45) is 0 Å². The molecule has 0 spiro atoms. The summed E-state index contributed by atoms with van der Waals surface area (Å²) in [6.07, 6.45) is 0. The van der Waals surface area contributed by atoms with Gasteiger partial charge in [-0.1, -0.05) is 65.7 Å². The summed E-state index contributed by atoms with van der Waals surface area (Å²) in [5, 5.41) is 7.02. The Labute approximate surface area is 143 Å². The van der Waals surface area contributed by atoms with Crippen LogP contribution in [-0.4, -0.2) is 9.78 Å². The van der Waals surface area contributed by atoms with E-state index >= 15 is 0 Å². The Morgan fingerprint density at radius 3 is 2.09 bits per heavy atom. The number of para-hydroxylation sites is 2. The summed E-state index contributed by atoms with van der Waals surface area (Å²) in [5.41, 5.74) is 3.57. The van der Waals surface area contributed by atoms with Crippen molar-refractivity contribution in [1.29, 1.82) is 0 Å². The maximum atomic E-state index is 6.39. The zero-order chi connectivity index (χ0) is 15.8. The molecule has 23 heavy (non-hydrogen) atoms. The van der Waals surface area contributed by atoms with Gasteiger partial charge in [-0.2, -0.15) is 5.10 Å². The summed E-state index contributed by atoms with van der Waals surface area (Å²) in [6, 6.07) is 23.6. The van der Waals surface area contributed by atoms with Crippen LogP contribution < -0.4 is 0 Å². The fraction of sp³-hybridized carbons (Fsp3) is 0. The van der Waals surface area contributed by atoms with Crippen LogP contribution in [0.4, 0.5) is 0 Å². The molecular weight excluding hydrogens is 327 g/mol. The van der Waals surface area contributed by atoms with Crippen molar-refractivity contribution >= 4 is 34.1 Å². The second-order valence-corrected chi connectivity index (χ2v) is 6.02. The lowest BCUT2D eigenvalue weighted by molar-refractivity contribution is 0.915. The number of nitrogens with zero attached hydrogens (tertiary/aromatic N) is 2. The third-order valence-electron chi connectivity index (χ3n) is 3.79. The molecule has 4 heteroatoms. The zero-order valence-corrected chi connectivity index (χ0v) is 13.6. The fourth-order valence-corrected chi connectivity index (χ4v) is 3.32. The smallest absolute Gasteiger partial charge is 0.104 e. The van der Waals surface area contributed by atoms with Gasteiger partial charge in [-0.15, -0.1) is 0 Å². The van der Waals surface area contributed by atoms with E-state index in [1.54, 1.807) is 0 Å². The van der Waals surface area contributed by atoms with Crippen LogP contribution in [0.3, 0.4) is 0 Å². The van der Waals surface area contributed by atoms with E-state index in [-0.39, 0.29) is 0 Å². The Hall–Kier alpha value is -2.29. The summed E-state index contributed by atoms with van der Waals surface area (Å²) < 4.78 is 1.92. The fourth-order valence-electron chi connectivity index (χ4n) is 2.74. The third-order valence-corrected chi connectivity index (χ3v) is 4.42. The van der Waals surface area contributed by atoms with Gasteiger partial charge in [0, 0.05) is 10.9 Å². The summed E-state index contributed by atoms with van der Waals surface area (Å²) in [5.74, 6) is 0. The molecule has 0 aliphatic heterocycles. The van der Waals surface area contributed by atoms with Gasteiger partial charge in [0.15, 0.2) is 0 Å². The average Bonchev–Trinajstić information content (AvgIpc) is 2.95. The van der Waals surface area contributed by atoms with Gasteiger partial charge in [-0.05, 0) is 30.3 Å². The lowest BCUT2D eigenvalue weighted by atomic mass is 10.1. The Kier molecular flexibility index (Phi) is 3.56. The standard InChI is InChI=1S/C19H12Cl2N2/c20-15-10-6-11-16(21)18(15)19-14-9-4-5-12-17(14)23(22-19)13-7-2-1-3-8-13/h1-12H. The molecule has 112 valence electrons. The van der Waals surface area contributed by atoms with E-state index in [1.165, 1.54) is 0 Å². The Balaban J connectivity index is 2.06. The van der Waals surface area contributed by atoms with Gasteiger partial charge in [-0.3, -0.25) is 0 Å². The van der Waals surface area contributed by atoms with Crippen molar-refractivity contribution in [3.05, 3.63) is 82.8 Å². The lowest BCUT2D eigenvalue weighted by Gasteiger charge is -2.04. The molecule has 0 aliphatic carbocycles. The average molecular weight is 339 g/mol. The predicted molar refractivity (Wildman–Crippen MR) is 96.5 cm³/mol. The van der Waals surface area contributed by atoms with E-state index in [0.29, 0.717) is 10.0 Å². The van der Waals surface area contributed by atoms with Crippen LogP contribution in [0.1, 0.15) is 0 Å². The Morgan fingerprint density at radius 1 is 0.696 bits per heavy atom. The van der Waals surface area contributed by atoms with E-state index in [4.69, 9.17) is 28.3 Å². The maximum absolute atomic E-state index is 6.39. The summed E-state index contributed by atoms with van der Waals surface area (Å²) in [7, 11) is 0. The van der Waals surface area contributed by atoms with E-state index in [9.17, 15) is 0 Å². The van der Waals surface area contributed by atoms with Crippen LogP contribution in [0.15, 0.2) is 72.8 Å². The molecule has 1 heterocycles. The number of halogens is 2. The summed E-state index contributed by atoms with van der Waals surface area (Å²) >= 11 is 12.8. The normalized spacial score (nSPS) is 11.0. The highest BCUT2D eigenvalue weighted by atomic mass is 35.5. The molecule has 0 bridgehead atoms. The molecule has 0 N–H and O–H groups in total. The molecule has 0 fully saturated rings. The summed E-state index contributed by atoms with van der Waals surface area (Å²) in [4.78, 5) is 0. The van der Waals surface area contributed by atoms with E-state index < -0.39 is 0 Å². The lowest BCUT2D eigenvalue weighted by Crippen LogP contribution is -1.95. The Bertz CT molecular complexity index is 971. The maximum Gasteiger partial charge on any atom is 0.104 e. The number of benzene rings is 3. The highest BCUT2D eigenvalue weighted by Gasteiger charge is 2.17. The van der Waals surface area contributed by atoms with Crippen LogP contribution in [0, 0.1) is 0 Å². The zero-order valence-electron chi connectivity index (χ0n) is 12.1. The predicted octanol–water partition coefficient (Wildman–Crippen LogP) is 6.00. The molecule has 0 atom stereocenters. The minimum absolute atomic E-state index is 0.598. The number of aromatic nitrogens is 2. The molecule has 3 aromatic carbocycles. The first-order chi connectivity index (χ1) is 11.3. The molecule has 0 aliphatic rings. The van der Waals surface area contributed by atoms with Crippen molar-refractivity contribution in [3.63, 3.8) is 0 Å². The van der Waals surface area contributed by atoms with Crippen molar-refractivity contribution in [3.8, 4) is 16.9 Å². The van der Waals surface area contributed by atoms with Gasteiger partial charge in [0.25, 0.3) is 0 Å². The largest absolute Gasteiger partial charge is 0.232 e. The molecule has 0 saturated carbocycles. The highest BCUT2D eigenvalue weighted by molar-refractivity contribution is 6.39. The monoisotopic (exact) mass is 338 g/mol. The molecule has 2 nitrogen and oxygen atoms in total. The van der Waals surface area contributed by atoms with Crippen LogP contribution in [0.25, 0.3) is 27.8 Å². The Morgan fingerprint density at radius 2 is 1.35 bits per heavy atom. The molecule has 0 amide bonds. The summed E-state index contributed by atoms with van der Waals surface area (Å²) in [6.45, 7) is 0. The number of hydrogen-bond acceptors (Lipinski definition) is 1. The highest BCUT2D eigenvalue weighted by Crippen LogP contribution is 2.38. The van der Waals surface area contributed by atoms with E-state index in [0.717, 1.165) is 27.8 Å². The molecule has 4 aromatic rings. The minimum Gasteiger partial charge on any atom is -0.232 e. The van der Waals surface area contributed by atoms with E-state index in [1.807, 2.05) is 77.5 Å². The molecule has 4 rings (SSSR count). The molecule has 0 unspecified atom stereocenters. The van der Waals surface area contributed by atoms with Crippen LogP contribution >= 0.6 is 23.2 Å². The molecular formula is C19H12Cl2N2. The van der Waals surface area contributed by atoms with Crippen LogP contribution in [0.5, 0.6) is 0 Å². The number of fused-ring (bicyclic) bond motifs is 1. The van der Waals surface area contributed by atoms with Gasteiger partial charge in [-0.25, -0.2) is 4.68 Å². The minimum atomic E-state index is 0.598. The van der Waals surface area contributed by atoms with Gasteiger partial charge < -0.3 is 0 Å². The quantitative estimate of drug-likeness (QED) is 0.438. The SMILES string of the molecule is Clc1cccc(Cl)c1-c1nn(-c2ccccc2)c2ccccc12. The van der Waals surface area contributed by atoms with Crippen molar-refractivity contribution in [2.75, 3.05) is 0 Å². The van der Waals surface area contributed by atoms with Crippen LogP contribution in [-0.2, 0) is 0 Å². The molecule has 1 aromatic heterocycles. The van der Waals surface area contributed by atoms with Gasteiger partial charge in [0.1, 0.15) is 5.69 Å². The van der Waals surface area contributed by atoms with Gasteiger partial charge in [0.05, 0.1) is 21.2 Å². The van der Waals surface area contributed by atoms with E-state index in [2.05, 4.69) is 0 Å². The topological polar surface area (TPSA) is 17.8 Å². The molecule has 0 radical (unpaired) electrons. The van der Waals surface area contributed by atoms with Crippen molar-refractivity contribution in [2.45, 2.75) is 0 Å². The number of rotatable bonds is 2. The van der Waals surface area contributed by atoms with Crippen molar-refractivity contribution in [1.82, 2.24) is 9.78 Å². The first-order valence-corrected chi connectivity index (χ1v) is 7.99. The second-order valence-electron chi connectivity index (χ2n) is 5.21. The van der Waals surface area contributed by atoms with Gasteiger partial charge >= 0.3 is 0 Å². The third kappa shape index (κ3) is 2.40. The second kappa shape index (κ2) is 5.73. The first kappa shape index (κ1) is 14.3. The van der Waals surface area contributed by atoms with Crippen molar-refractivity contribution < 1.29 is 0 Å². The molecule has 0 saturated heterocycles.